The van der Waals surface area contributed by atoms with E-state index >= 15 is 0 Å². The molecule has 0 heterocycles. The number of fused-ring (bicyclic) bond motifs is 2. The predicted octanol–water partition coefficient (Wildman–Crippen LogP) is 3.16. The molecule has 2 bridgehead atoms. The van der Waals surface area contributed by atoms with E-state index in [1.165, 1.54) is 12.8 Å². The molecule has 0 spiro atoms. The Labute approximate surface area is 63.6 Å². The van der Waals surface area contributed by atoms with Gasteiger partial charge in [-0.25, -0.2) is 0 Å². The van der Waals surface area contributed by atoms with Crippen LogP contribution in [0.4, 0.5) is 0 Å². The van der Waals surface area contributed by atoms with Gasteiger partial charge in [0.1, 0.15) is 0 Å². The molecule has 2 rings (SSSR count). The molecule has 0 radical (unpaired) electrons. The SMILES string of the molecule is C1=CC2C=CC(C1)C2.CC. The van der Waals surface area contributed by atoms with Crippen LogP contribution in [0.15, 0.2) is 24.3 Å². The van der Waals surface area contributed by atoms with Gasteiger partial charge in [-0.05, 0) is 24.7 Å². The molecular weight excluding hydrogens is 120 g/mol. The van der Waals surface area contributed by atoms with Crippen LogP contribution < -0.4 is 0 Å². The molecule has 0 saturated carbocycles. The maximum atomic E-state index is 2.35. The van der Waals surface area contributed by atoms with E-state index in [9.17, 15) is 0 Å². The quantitative estimate of drug-likeness (QED) is 0.449. The smallest absolute Gasteiger partial charge is 0.00477 e. The molecule has 2 atom stereocenters. The molecule has 0 aromatic rings. The fourth-order valence-electron chi connectivity index (χ4n) is 1.55. The van der Waals surface area contributed by atoms with Gasteiger partial charge < -0.3 is 0 Å². The topological polar surface area (TPSA) is 0 Å². The van der Waals surface area contributed by atoms with Crippen LogP contribution in [0, 0.1) is 11.8 Å². The fraction of sp³-hybridized carbons (Fsp3) is 0.600. The molecule has 0 fully saturated rings. The summed E-state index contributed by atoms with van der Waals surface area (Å²) in [5, 5.41) is 0. The molecule has 0 saturated heterocycles. The minimum Gasteiger partial charge on any atom is -0.0874 e. The largest absolute Gasteiger partial charge is 0.0874 e. The second-order valence-corrected chi connectivity index (χ2v) is 2.71. The van der Waals surface area contributed by atoms with Crippen molar-refractivity contribution in [1.82, 2.24) is 0 Å². The molecule has 0 nitrogen and oxygen atoms in total. The van der Waals surface area contributed by atoms with E-state index in [1.807, 2.05) is 13.8 Å². The lowest BCUT2D eigenvalue weighted by atomic mass is 9.94. The minimum atomic E-state index is 0.800. The predicted molar refractivity (Wildman–Crippen MR) is 45.8 cm³/mol. The second-order valence-electron chi connectivity index (χ2n) is 2.71. The molecule has 2 unspecified atom stereocenters. The Kier molecular flexibility index (Phi) is 2.73. The van der Waals surface area contributed by atoms with Crippen molar-refractivity contribution in [2.75, 3.05) is 0 Å². The summed E-state index contributed by atoms with van der Waals surface area (Å²) in [5.41, 5.74) is 0. The molecule has 56 valence electrons. The summed E-state index contributed by atoms with van der Waals surface area (Å²) >= 11 is 0. The summed E-state index contributed by atoms with van der Waals surface area (Å²) in [4.78, 5) is 0. The van der Waals surface area contributed by atoms with Crippen LogP contribution in [-0.2, 0) is 0 Å². The molecule has 0 amide bonds. The summed E-state index contributed by atoms with van der Waals surface area (Å²) < 4.78 is 0. The lowest BCUT2D eigenvalue weighted by Gasteiger charge is -2.10. The van der Waals surface area contributed by atoms with Crippen molar-refractivity contribution in [3.8, 4) is 0 Å². The maximum absolute atomic E-state index is 2.35. The van der Waals surface area contributed by atoms with Gasteiger partial charge in [0.2, 0.25) is 0 Å². The van der Waals surface area contributed by atoms with Crippen LogP contribution in [0.1, 0.15) is 26.7 Å². The average molecular weight is 136 g/mol. The van der Waals surface area contributed by atoms with Gasteiger partial charge in [-0.15, -0.1) is 0 Å². The Morgan fingerprint density at radius 3 is 2.50 bits per heavy atom. The van der Waals surface area contributed by atoms with Crippen molar-refractivity contribution < 1.29 is 0 Å². The van der Waals surface area contributed by atoms with Crippen LogP contribution >= 0.6 is 0 Å². The molecule has 0 aromatic heterocycles. The van der Waals surface area contributed by atoms with Gasteiger partial charge in [0, 0.05) is 0 Å². The zero-order chi connectivity index (χ0) is 7.40. The van der Waals surface area contributed by atoms with Gasteiger partial charge in [-0.3, -0.25) is 0 Å². The van der Waals surface area contributed by atoms with Crippen LogP contribution in [0.3, 0.4) is 0 Å². The van der Waals surface area contributed by atoms with E-state index in [1.54, 1.807) is 0 Å². The molecule has 0 aromatic carbocycles. The minimum absolute atomic E-state index is 0.800. The van der Waals surface area contributed by atoms with Gasteiger partial charge in [0.05, 0.1) is 0 Å². The van der Waals surface area contributed by atoms with E-state index in [-0.39, 0.29) is 0 Å². The van der Waals surface area contributed by atoms with Gasteiger partial charge >= 0.3 is 0 Å². The van der Waals surface area contributed by atoms with Crippen LogP contribution in [0.2, 0.25) is 0 Å². The van der Waals surface area contributed by atoms with E-state index < -0.39 is 0 Å². The summed E-state index contributed by atoms with van der Waals surface area (Å²) in [6.07, 6.45) is 12.0. The van der Waals surface area contributed by atoms with Crippen molar-refractivity contribution >= 4 is 0 Å². The number of hydrogen-bond acceptors (Lipinski definition) is 0. The second kappa shape index (κ2) is 3.60. The monoisotopic (exact) mass is 136 g/mol. The normalized spacial score (nSPS) is 33.4. The van der Waals surface area contributed by atoms with Gasteiger partial charge in [-0.2, -0.15) is 0 Å². The van der Waals surface area contributed by atoms with Crippen LogP contribution in [-0.4, -0.2) is 0 Å². The Hall–Kier alpha value is -0.520. The van der Waals surface area contributed by atoms with Crippen LogP contribution in [0.5, 0.6) is 0 Å². The van der Waals surface area contributed by atoms with Crippen molar-refractivity contribution in [2.24, 2.45) is 11.8 Å². The molecule has 2 aliphatic carbocycles. The van der Waals surface area contributed by atoms with Gasteiger partial charge in [0.15, 0.2) is 0 Å². The van der Waals surface area contributed by atoms with Crippen molar-refractivity contribution in [3.05, 3.63) is 24.3 Å². The number of rotatable bonds is 0. The first-order valence-corrected chi connectivity index (χ1v) is 4.30. The third-order valence-corrected chi connectivity index (χ3v) is 2.03. The number of allylic oxidation sites excluding steroid dienone is 4. The highest BCUT2D eigenvalue weighted by atomic mass is 14.2. The summed E-state index contributed by atoms with van der Waals surface area (Å²) in [7, 11) is 0. The van der Waals surface area contributed by atoms with E-state index in [4.69, 9.17) is 0 Å². The van der Waals surface area contributed by atoms with E-state index in [0.717, 1.165) is 11.8 Å². The third kappa shape index (κ3) is 1.50. The molecule has 0 N–H and O–H groups in total. The summed E-state index contributed by atoms with van der Waals surface area (Å²) in [6.45, 7) is 4.00. The Morgan fingerprint density at radius 2 is 1.90 bits per heavy atom. The van der Waals surface area contributed by atoms with Crippen LogP contribution in [0.25, 0.3) is 0 Å². The van der Waals surface area contributed by atoms with Gasteiger partial charge in [-0.1, -0.05) is 38.2 Å². The standard InChI is InChI=1S/C8H10.C2H6/c1-2-7-4-5-8(3-1)6-7;1-2/h1-2,4-5,7-8H,3,6H2;1-2H3. The molecule has 0 heteroatoms. The van der Waals surface area contributed by atoms with Crippen molar-refractivity contribution in [3.63, 3.8) is 0 Å². The summed E-state index contributed by atoms with van der Waals surface area (Å²) in [6, 6.07) is 0. The first-order valence-electron chi connectivity index (χ1n) is 4.30. The Morgan fingerprint density at radius 1 is 1.10 bits per heavy atom. The molecule has 2 aliphatic rings. The maximum Gasteiger partial charge on any atom is -0.00477 e. The first kappa shape index (κ1) is 7.59. The molecular formula is C10H16. The number of hydrogen-bond donors (Lipinski definition) is 0. The summed E-state index contributed by atoms with van der Waals surface area (Å²) in [5.74, 6) is 1.69. The Bertz CT molecular complexity index is 140. The zero-order valence-electron chi connectivity index (χ0n) is 6.88. The first-order chi connectivity index (χ1) is 4.95. The zero-order valence-corrected chi connectivity index (χ0v) is 6.88. The Balaban J connectivity index is 0.000000231. The molecule has 10 heavy (non-hydrogen) atoms. The lowest BCUT2D eigenvalue weighted by Crippen LogP contribution is -1.98. The average Bonchev–Trinajstić information content (AvgIpc) is 2.35. The highest BCUT2D eigenvalue weighted by Gasteiger charge is 2.18. The third-order valence-electron chi connectivity index (χ3n) is 2.03. The van der Waals surface area contributed by atoms with E-state index in [0.29, 0.717) is 0 Å². The van der Waals surface area contributed by atoms with Crippen molar-refractivity contribution in [1.29, 1.82) is 0 Å². The van der Waals surface area contributed by atoms with Crippen molar-refractivity contribution in [2.45, 2.75) is 26.7 Å². The fourth-order valence-corrected chi connectivity index (χ4v) is 1.55. The van der Waals surface area contributed by atoms with E-state index in [2.05, 4.69) is 24.3 Å². The highest BCUT2D eigenvalue weighted by Crippen LogP contribution is 2.31. The van der Waals surface area contributed by atoms with Gasteiger partial charge in [0.25, 0.3) is 0 Å². The highest BCUT2D eigenvalue weighted by molar-refractivity contribution is 5.14. The lowest BCUT2D eigenvalue weighted by molar-refractivity contribution is 0.561. The molecule has 0 aliphatic heterocycles.